The Labute approximate surface area is 89.6 Å². The lowest BCUT2D eigenvalue weighted by Crippen LogP contribution is -1.93. The molecular formula is C10H16ClNO2. The fourth-order valence-corrected chi connectivity index (χ4v) is 1.36. The fraction of sp³-hybridized carbons (Fsp3) is 0.400. The molecule has 0 fully saturated rings. The number of rotatable bonds is 4. The van der Waals surface area contributed by atoms with Gasteiger partial charge in [0.15, 0.2) is 11.5 Å². The highest BCUT2D eigenvalue weighted by molar-refractivity contribution is 6.17. The van der Waals surface area contributed by atoms with Gasteiger partial charge in [-0.05, 0) is 24.1 Å². The summed E-state index contributed by atoms with van der Waals surface area (Å²) in [7, 11) is 3.25. The number of hydrogen-bond donors (Lipinski definition) is 1. The highest BCUT2D eigenvalue weighted by Crippen LogP contribution is 2.27. The van der Waals surface area contributed by atoms with Gasteiger partial charge in [-0.1, -0.05) is 6.07 Å². The van der Waals surface area contributed by atoms with E-state index in [0.717, 1.165) is 23.5 Å². The molecule has 3 N–H and O–H groups in total. The van der Waals surface area contributed by atoms with E-state index in [9.17, 15) is 0 Å². The summed E-state index contributed by atoms with van der Waals surface area (Å²) in [6, 6.07) is 5.83. The lowest BCUT2D eigenvalue weighted by molar-refractivity contribution is 0.354. The van der Waals surface area contributed by atoms with E-state index in [4.69, 9.17) is 21.1 Å². The topological polar surface area (TPSA) is 53.5 Å². The number of aryl methyl sites for hydroxylation is 1. The molecule has 1 aromatic rings. The quantitative estimate of drug-likeness (QED) is 0.789. The molecule has 0 aliphatic carbocycles. The molecule has 80 valence electrons. The summed E-state index contributed by atoms with van der Waals surface area (Å²) in [6.45, 7) is 0. The van der Waals surface area contributed by atoms with Crippen molar-refractivity contribution in [3.05, 3.63) is 23.8 Å². The highest BCUT2D eigenvalue weighted by Gasteiger charge is 2.03. The summed E-state index contributed by atoms with van der Waals surface area (Å²) in [5.41, 5.74) is 1.16. The minimum Gasteiger partial charge on any atom is -0.493 e. The number of ether oxygens (including phenoxy) is 2. The molecule has 0 aromatic heterocycles. The molecule has 3 nitrogen and oxygen atoms in total. The van der Waals surface area contributed by atoms with Crippen molar-refractivity contribution in [2.75, 3.05) is 20.1 Å². The van der Waals surface area contributed by atoms with Crippen LogP contribution in [0.2, 0.25) is 0 Å². The molecule has 0 saturated heterocycles. The fourth-order valence-electron chi connectivity index (χ4n) is 1.15. The van der Waals surface area contributed by atoms with Gasteiger partial charge in [-0.2, -0.15) is 0 Å². The van der Waals surface area contributed by atoms with Crippen LogP contribution in [0, 0.1) is 0 Å². The van der Waals surface area contributed by atoms with Crippen molar-refractivity contribution in [3.63, 3.8) is 0 Å². The van der Waals surface area contributed by atoms with Gasteiger partial charge >= 0.3 is 0 Å². The Bertz CT molecular complexity index is 279. The van der Waals surface area contributed by atoms with Gasteiger partial charge in [0, 0.05) is 5.88 Å². The zero-order chi connectivity index (χ0) is 9.68. The van der Waals surface area contributed by atoms with Crippen LogP contribution in [-0.2, 0) is 6.42 Å². The molecule has 0 atom stereocenters. The molecule has 0 radical (unpaired) electrons. The van der Waals surface area contributed by atoms with Gasteiger partial charge < -0.3 is 15.6 Å². The summed E-state index contributed by atoms with van der Waals surface area (Å²) < 4.78 is 10.3. The highest BCUT2D eigenvalue weighted by atomic mass is 35.5. The molecule has 0 aliphatic rings. The van der Waals surface area contributed by atoms with Gasteiger partial charge in [-0.3, -0.25) is 0 Å². The van der Waals surface area contributed by atoms with Gasteiger partial charge in [0.2, 0.25) is 0 Å². The van der Waals surface area contributed by atoms with E-state index >= 15 is 0 Å². The normalized spacial score (nSPS) is 9.07. The van der Waals surface area contributed by atoms with Crippen molar-refractivity contribution in [2.45, 2.75) is 6.42 Å². The van der Waals surface area contributed by atoms with E-state index in [-0.39, 0.29) is 6.15 Å². The Morgan fingerprint density at radius 1 is 1.14 bits per heavy atom. The summed E-state index contributed by atoms with van der Waals surface area (Å²) in [4.78, 5) is 0. The van der Waals surface area contributed by atoms with E-state index in [2.05, 4.69) is 0 Å². The molecule has 14 heavy (non-hydrogen) atoms. The first kappa shape index (κ1) is 13.1. The summed E-state index contributed by atoms with van der Waals surface area (Å²) >= 11 is 5.63. The van der Waals surface area contributed by atoms with Crippen molar-refractivity contribution in [3.8, 4) is 11.5 Å². The standard InChI is InChI=1S/C10H13ClO2.H3N/c1-12-9-4-3-8(5-6-11)7-10(9)13-2;/h3-4,7H,5-6H2,1-2H3;1H3. The van der Waals surface area contributed by atoms with Crippen LogP contribution in [0.1, 0.15) is 5.56 Å². The molecule has 0 unspecified atom stereocenters. The lowest BCUT2D eigenvalue weighted by atomic mass is 10.1. The summed E-state index contributed by atoms with van der Waals surface area (Å²) in [5.74, 6) is 2.13. The molecule has 4 heteroatoms. The summed E-state index contributed by atoms with van der Waals surface area (Å²) in [5, 5.41) is 0. The number of alkyl halides is 1. The van der Waals surface area contributed by atoms with E-state index in [0.29, 0.717) is 5.88 Å². The maximum Gasteiger partial charge on any atom is 0.160 e. The van der Waals surface area contributed by atoms with Gasteiger partial charge in [0.25, 0.3) is 0 Å². The Morgan fingerprint density at radius 3 is 2.29 bits per heavy atom. The van der Waals surface area contributed by atoms with Gasteiger partial charge in [0.1, 0.15) is 0 Å². The Kier molecular flexibility index (Phi) is 6.08. The van der Waals surface area contributed by atoms with Gasteiger partial charge in [0.05, 0.1) is 14.2 Å². The minimum absolute atomic E-state index is 0. The molecule has 1 rings (SSSR count). The Hall–Kier alpha value is -0.930. The molecule has 0 bridgehead atoms. The van der Waals surface area contributed by atoms with E-state index < -0.39 is 0 Å². The maximum atomic E-state index is 5.63. The zero-order valence-corrected chi connectivity index (χ0v) is 9.30. The van der Waals surface area contributed by atoms with Crippen LogP contribution in [0.5, 0.6) is 11.5 Å². The van der Waals surface area contributed by atoms with Crippen LogP contribution in [0.25, 0.3) is 0 Å². The molecule has 0 amide bonds. The maximum absolute atomic E-state index is 5.63. The average molecular weight is 218 g/mol. The van der Waals surface area contributed by atoms with Crippen molar-refractivity contribution in [1.29, 1.82) is 0 Å². The van der Waals surface area contributed by atoms with E-state index in [1.165, 1.54) is 0 Å². The van der Waals surface area contributed by atoms with Gasteiger partial charge in [-0.15, -0.1) is 11.6 Å². The second-order valence-electron chi connectivity index (χ2n) is 2.63. The lowest BCUT2D eigenvalue weighted by Gasteiger charge is -2.08. The molecule has 0 spiro atoms. The van der Waals surface area contributed by atoms with Crippen LogP contribution in [0.15, 0.2) is 18.2 Å². The third-order valence-electron chi connectivity index (χ3n) is 1.83. The summed E-state index contributed by atoms with van der Waals surface area (Å²) in [6.07, 6.45) is 0.849. The monoisotopic (exact) mass is 217 g/mol. The smallest absolute Gasteiger partial charge is 0.160 e. The van der Waals surface area contributed by atoms with Crippen LogP contribution in [0.4, 0.5) is 0 Å². The second kappa shape index (κ2) is 6.51. The number of methoxy groups -OCH3 is 2. The van der Waals surface area contributed by atoms with Crippen molar-refractivity contribution < 1.29 is 9.47 Å². The Balaban J connectivity index is 0.00000169. The number of hydrogen-bond acceptors (Lipinski definition) is 3. The van der Waals surface area contributed by atoms with E-state index in [1.807, 2.05) is 18.2 Å². The SMILES string of the molecule is COc1ccc(CCCl)cc1OC.N. The van der Waals surface area contributed by atoms with E-state index in [1.54, 1.807) is 14.2 Å². The molecule has 0 aliphatic heterocycles. The van der Waals surface area contributed by atoms with Crippen LogP contribution in [-0.4, -0.2) is 20.1 Å². The van der Waals surface area contributed by atoms with Crippen molar-refractivity contribution in [2.24, 2.45) is 0 Å². The predicted octanol–water partition coefficient (Wildman–Crippen LogP) is 2.65. The minimum atomic E-state index is 0. The van der Waals surface area contributed by atoms with Crippen LogP contribution in [0.3, 0.4) is 0 Å². The number of benzene rings is 1. The van der Waals surface area contributed by atoms with Crippen molar-refractivity contribution in [1.82, 2.24) is 6.15 Å². The van der Waals surface area contributed by atoms with Gasteiger partial charge in [-0.25, -0.2) is 0 Å². The first-order valence-corrected chi connectivity index (χ1v) is 4.62. The number of halogens is 1. The molecular weight excluding hydrogens is 202 g/mol. The first-order chi connectivity index (χ1) is 6.31. The third-order valence-corrected chi connectivity index (χ3v) is 2.02. The Morgan fingerprint density at radius 2 is 1.79 bits per heavy atom. The van der Waals surface area contributed by atoms with Crippen LogP contribution < -0.4 is 15.6 Å². The predicted molar refractivity (Wildman–Crippen MR) is 59.0 cm³/mol. The van der Waals surface area contributed by atoms with Crippen molar-refractivity contribution >= 4 is 11.6 Å². The first-order valence-electron chi connectivity index (χ1n) is 4.08. The second-order valence-corrected chi connectivity index (χ2v) is 3.01. The average Bonchev–Trinajstić information content (AvgIpc) is 2.18. The molecule has 1 aromatic carbocycles. The molecule has 0 heterocycles. The molecule has 0 saturated carbocycles. The van der Waals surface area contributed by atoms with Crippen LogP contribution >= 0.6 is 11.6 Å². The largest absolute Gasteiger partial charge is 0.493 e. The third kappa shape index (κ3) is 3.09. The zero-order valence-electron chi connectivity index (χ0n) is 8.55.